The molecule has 3 N–H and O–H groups in total. The fraction of sp³-hybridized carbons (Fsp3) is 0.182. The minimum atomic E-state index is -4.43. The Kier molecular flexibility index (Phi) is 5.69. The SMILES string of the molecule is CC(C)NC(=O)c1ccc2c(-c3ccc(C(F)(F)F)cc3)ccc(OC(N)=O)c2c1. The van der Waals surface area contributed by atoms with Crippen LogP contribution >= 0.6 is 0 Å². The summed E-state index contributed by atoms with van der Waals surface area (Å²) in [5.74, 6) is -0.163. The van der Waals surface area contributed by atoms with E-state index in [1.54, 1.807) is 24.3 Å². The molecule has 0 aliphatic carbocycles. The van der Waals surface area contributed by atoms with E-state index in [0.717, 1.165) is 12.1 Å². The number of benzene rings is 3. The van der Waals surface area contributed by atoms with Gasteiger partial charge in [0.2, 0.25) is 0 Å². The fourth-order valence-corrected chi connectivity index (χ4v) is 3.10. The number of hydrogen-bond donors (Lipinski definition) is 2. The van der Waals surface area contributed by atoms with Gasteiger partial charge in [-0.2, -0.15) is 13.2 Å². The number of carbonyl (C=O) groups excluding carboxylic acids is 2. The maximum atomic E-state index is 12.9. The molecule has 156 valence electrons. The van der Waals surface area contributed by atoms with Gasteiger partial charge in [-0.25, -0.2) is 4.79 Å². The number of nitrogens with two attached hydrogens (primary N) is 1. The van der Waals surface area contributed by atoms with E-state index in [1.165, 1.54) is 18.2 Å². The minimum Gasteiger partial charge on any atom is -0.410 e. The molecule has 0 saturated heterocycles. The third kappa shape index (κ3) is 4.53. The summed E-state index contributed by atoms with van der Waals surface area (Å²) < 4.78 is 43.6. The second-order valence-electron chi connectivity index (χ2n) is 7.00. The Balaban J connectivity index is 2.14. The van der Waals surface area contributed by atoms with Crippen LogP contribution in [0.15, 0.2) is 54.6 Å². The molecular weight excluding hydrogens is 397 g/mol. The molecule has 0 aromatic heterocycles. The molecule has 5 nitrogen and oxygen atoms in total. The van der Waals surface area contributed by atoms with E-state index in [-0.39, 0.29) is 17.7 Å². The molecule has 0 radical (unpaired) electrons. The van der Waals surface area contributed by atoms with Crippen molar-refractivity contribution in [2.45, 2.75) is 26.1 Å². The van der Waals surface area contributed by atoms with Crippen LogP contribution in [0.3, 0.4) is 0 Å². The molecular formula is C22H19F3N2O3. The molecule has 0 heterocycles. The van der Waals surface area contributed by atoms with Crippen molar-refractivity contribution >= 4 is 22.8 Å². The van der Waals surface area contributed by atoms with Crippen molar-refractivity contribution in [2.24, 2.45) is 5.73 Å². The molecule has 0 aliphatic heterocycles. The molecule has 0 atom stereocenters. The zero-order chi connectivity index (χ0) is 22.1. The quantitative estimate of drug-likeness (QED) is 0.619. The number of halogens is 3. The molecule has 0 spiro atoms. The third-order valence-electron chi connectivity index (χ3n) is 4.39. The predicted octanol–water partition coefficient (Wildman–Crippen LogP) is 5.12. The Bertz CT molecular complexity index is 1110. The van der Waals surface area contributed by atoms with Gasteiger partial charge in [-0.3, -0.25) is 4.79 Å². The zero-order valence-electron chi connectivity index (χ0n) is 16.2. The van der Waals surface area contributed by atoms with Crippen LogP contribution in [0.5, 0.6) is 5.75 Å². The molecule has 0 saturated carbocycles. The standard InChI is InChI=1S/C22H19F3N2O3/c1-12(2)27-20(28)14-5-8-17-16(9-10-19(18(17)11-14)30-21(26)29)13-3-6-15(7-4-13)22(23,24)25/h3-12H,1-2H3,(H2,26,29)(H,27,28). The Labute approximate surface area is 170 Å². The molecule has 30 heavy (non-hydrogen) atoms. The fourth-order valence-electron chi connectivity index (χ4n) is 3.10. The first-order valence-corrected chi connectivity index (χ1v) is 9.09. The van der Waals surface area contributed by atoms with Crippen LogP contribution < -0.4 is 15.8 Å². The van der Waals surface area contributed by atoms with Crippen molar-refractivity contribution in [3.63, 3.8) is 0 Å². The average molecular weight is 416 g/mol. The van der Waals surface area contributed by atoms with Crippen molar-refractivity contribution < 1.29 is 27.5 Å². The second-order valence-corrected chi connectivity index (χ2v) is 7.00. The lowest BCUT2D eigenvalue weighted by Crippen LogP contribution is -2.30. The van der Waals surface area contributed by atoms with Gasteiger partial charge in [0.1, 0.15) is 5.75 Å². The molecule has 3 aromatic carbocycles. The van der Waals surface area contributed by atoms with Crippen molar-refractivity contribution in [3.8, 4) is 16.9 Å². The van der Waals surface area contributed by atoms with Crippen molar-refractivity contribution in [1.82, 2.24) is 5.32 Å². The smallest absolute Gasteiger partial charge is 0.410 e. The van der Waals surface area contributed by atoms with Crippen molar-refractivity contribution in [3.05, 3.63) is 65.7 Å². The normalized spacial score (nSPS) is 11.5. The van der Waals surface area contributed by atoms with E-state index < -0.39 is 17.8 Å². The van der Waals surface area contributed by atoms with Crippen LogP contribution in [0.4, 0.5) is 18.0 Å². The number of alkyl halides is 3. The summed E-state index contributed by atoms with van der Waals surface area (Å²) >= 11 is 0. The molecule has 0 bridgehead atoms. The predicted molar refractivity (Wildman–Crippen MR) is 107 cm³/mol. The lowest BCUT2D eigenvalue weighted by molar-refractivity contribution is -0.137. The van der Waals surface area contributed by atoms with Crippen LogP contribution in [-0.4, -0.2) is 18.0 Å². The van der Waals surface area contributed by atoms with Gasteiger partial charge in [-0.1, -0.05) is 24.3 Å². The number of ether oxygens (including phenoxy) is 1. The van der Waals surface area contributed by atoms with Gasteiger partial charge >= 0.3 is 12.3 Å². The van der Waals surface area contributed by atoms with Gasteiger partial charge in [-0.05, 0) is 60.7 Å². The lowest BCUT2D eigenvalue weighted by atomic mass is 9.95. The molecule has 3 rings (SSSR count). The number of carbonyl (C=O) groups is 2. The summed E-state index contributed by atoms with van der Waals surface area (Å²) in [6.07, 6.45) is -5.45. The lowest BCUT2D eigenvalue weighted by Gasteiger charge is -2.14. The van der Waals surface area contributed by atoms with Gasteiger partial charge in [-0.15, -0.1) is 0 Å². The van der Waals surface area contributed by atoms with Gasteiger partial charge in [0.15, 0.2) is 0 Å². The number of amides is 2. The van der Waals surface area contributed by atoms with Crippen LogP contribution in [0.25, 0.3) is 21.9 Å². The summed E-state index contributed by atoms with van der Waals surface area (Å²) in [5.41, 5.74) is 5.89. The third-order valence-corrected chi connectivity index (χ3v) is 4.39. The number of primary amides is 1. The summed E-state index contributed by atoms with van der Waals surface area (Å²) in [4.78, 5) is 23.6. The Morgan fingerprint density at radius 3 is 2.20 bits per heavy atom. The molecule has 8 heteroatoms. The van der Waals surface area contributed by atoms with Crippen molar-refractivity contribution in [1.29, 1.82) is 0 Å². The topological polar surface area (TPSA) is 81.4 Å². The van der Waals surface area contributed by atoms with Crippen LogP contribution in [0, 0.1) is 0 Å². The number of hydrogen-bond acceptors (Lipinski definition) is 3. The molecule has 2 amide bonds. The Hall–Kier alpha value is -3.55. The molecule has 0 fully saturated rings. The van der Waals surface area contributed by atoms with E-state index in [9.17, 15) is 22.8 Å². The highest BCUT2D eigenvalue weighted by atomic mass is 19.4. The van der Waals surface area contributed by atoms with E-state index in [1.807, 2.05) is 13.8 Å². The average Bonchev–Trinajstić information content (AvgIpc) is 2.66. The van der Waals surface area contributed by atoms with Crippen LogP contribution in [0.1, 0.15) is 29.8 Å². The molecule has 0 unspecified atom stereocenters. The van der Waals surface area contributed by atoms with Crippen LogP contribution in [-0.2, 0) is 6.18 Å². The van der Waals surface area contributed by atoms with Gasteiger partial charge < -0.3 is 15.8 Å². The van der Waals surface area contributed by atoms with Gasteiger partial charge in [0.05, 0.1) is 5.56 Å². The van der Waals surface area contributed by atoms with Gasteiger partial charge in [0, 0.05) is 17.0 Å². The first kappa shape index (κ1) is 21.2. The number of fused-ring (bicyclic) bond motifs is 1. The summed E-state index contributed by atoms with van der Waals surface area (Å²) in [6, 6.07) is 12.6. The van der Waals surface area contributed by atoms with Crippen molar-refractivity contribution in [2.75, 3.05) is 0 Å². The summed E-state index contributed by atoms with van der Waals surface area (Å²) in [6.45, 7) is 3.65. The highest BCUT2D eigenvalue weighted by Gasteiger charge is 2.30. The first-order chi connectivity index (χ1) is 14.1. The van der Waals surface area contributed by atoms with E-state index in [2.05, 4.69) is 5.32 Å². The molecule has 0 aliphatic rings. The van der Waals surface area contributed by atoms with E-state index in [0.29, 0.717) is 27.5 Å². The second kappa shape index (κ2) is 8.06. The monoisotopic (exact) mass is 416 g/mol. The maximum absolute atomic E-state index is 12.9. The largest absolute Gasteiger partial charge is 0.416 e. The minimum absolute atomic E-state index is 0.0759. The van der Waals surface area contributed by atoms with E-state index in [4.69, 9.17) is 10.5 Å². The Morgan fingerprint density at radius 1 is 0.967 bits per heavy atom. The highest BCUT2D eigenvalue weighted by molar-refractivity contribution is 6.05. The van der Waals surface area contributed by atoms with Gasteiger partial charge in [0.25, 0.3) is 5.91 Å². The maximum Gasteiger partial charge on any atom is 0.416 e. The Morgan fingerprint density at radius 2 is 1.63 bits per heavy atom. The summed E-state index contributed by atoms with van der Waals surface area (Å²) in [7, 11) is 0. The first-order valence-electron chi connectivity index (χ1n) is 9.09. The zero-order valence-corrected chi connectivity index (χ0v) is 16.2. The van der Waals surface area contributed by atoms with E-state index >= 15 is 0 Å². The summed E-state index contributed by atoms with van der Waals surface area (Å²) in [5, 5.41) is 3.80. The number of rotatable bonds is 4. The van der Waals surface area contributed by atoms with Crippen LogP contribution in [0.2, 0.25) is 0 Å². The number of nitrogens with one attached hydrogen (secondary N) is 1. The highest BCUT2D eigenvalue weighted by Crippen LogP contribution is 2.37. The molecule has 3 aromatic rings.